The van der Waals surface area contributed by atoms with Crippen LogP contribution in [0.1, 0.15) is 74.1 Å². The van der Waals surface area contributed by atoms with Gasteiger partial charge in [0, 0.05) is 36.0 Å². The predicted octanol–water partition coefficient (Wildman–Crippen LogP) is 4.27. The SMILES string of the molecule is CCC(CC)n1c(Cc2cccs2)nc2cc(C(=O)N[C@@H](CC(C)C)C(=O)NCCN)ccc21. The molecule has 1 aromatic carbocycles. The Kier molecular flexibility index (Phi) is 9.24. The number of aromatic nitrogens is 2. The summed E-state index contributed by atoms with van der Waals surface area (Å²) < 4.78 is 2.33. The molecule has 2 aromatic heterocycles. The number of hydrogen-bond donors (Lipinski definition) is 3. The van der Waals surface area contributed by atoms with Gasteiger partial charge in [-0.1, -0.05) is 33.8 Å². The van der Waals surface area contributed by atoms with Crippen LogP contribution in [-0.4, -0.2) is 40.5 Å². The Morgan fingerprint density at radius 3 is 2.56 bits per heavy atom. The van der Waals surface area contributed by atoms with Gasteiger partial charge in [0.15, 0.2) is 0 Å². The van der Waals surface area contributed by atoms with Crippen LogP contribution in [0.5, 0.6) is 0 Å². The van der Waals surface area contributed by atoms with Gasteiger partial charge < -0.3 is 20.9 Å². The van der Waals surface area contributed by atoms with Crippen molar-refractivity contribution in [1.82, 2.24) is 20.2 Å². The fourth-order valence-electron chi connectivity index (χ4n) is 4.31. The van der Waals surface area contributed by atoms with Crippen molar-refractivity contribution in [1.29, 1.82) is 0 Å². The van der Waals surface area contributed by atoms with Crippen LogP contribution in [-0.2, 0) is 11.2 Å². The molecule has 8 heteroatoms. The highest BCUT2D eigenvalue weighted by molar-refractivity contribution is 7.09. The number of fused-ring (bicyclic) bond motifs is 1. The van der Waals surface area contributed by atoms with Gasteiger partial charge in [0.2, 0.25) is 5.91 Å². The Bertz CT molecular complexity index is 1090. The lowest BCUT2D eigenvalue weighted by atomic mass is 10.0. The number of nitrogens with zero attached hydrogens (tertiary/aromatic N) is 2. The number of nitrogens with two attached hydrogens (primary N) is 1. The van der Waals surface area contributed by atoms with Gasteiger partial charge in [-0.2, -0.15) is 0 Å². The topological polar surface area (TPSA) is 102 Å². The lowest BCUT2D eigenvalue weighted by Crippen LogP contribution is -2.48. The van der Waals surface area contributed by atoms with Crippen molar-refractivity contribution < 1.29 is 9.59 Å². The maximum atomic E-state index is 13.1. The summed E-state index contributed by atoms with van der Waals surface area (Å²) in [6.07, 6.45) is 3.34. The van der Waals surface area contributed by atoms with Crippen molar-refractivity contribution in [3.63, 3.8) is 0 Å². The first kappa shape index (κ1) is 25.9. The second kappa shape index (κ2) is 12.1. The minimum absolute atomic E-state index is 0.204. The Morgan fingerprint density at radius 2 is 1.94 bits per heavy atom. The van der Waals surface area contributed by atoms with Gasteiger partial charge in [0.05, 0.1) is 11.0 Å². The van der Waals surface area contributed by atoms with E-state index in [1.807, 2.05) is 32.0 Å². The predicted molar refractivity (Wildman–Crippen MR) is 139 cm³/mol. The van der Waals surface area contributed by atoms with Gasteiger partial charge in [-0.3, -0.25) is 9.59 Å². The van der Waals surface area contributed by atoms with Gasteiger partial charge in [-0.05, 0) is 54.8 Å². The van der Waals surface area contributed by atoms with E-state index in [9.17, 15) is 9.59 Å². The van der Waals surface area contributed by atoms with Gasteiger partial charge >= 0.3 is 0 Å². The smallest absolute Gasteiger partial charge is 0.252 e. The van der Waals surface area contributed by atoms with Crippen molar-refractivity contribution in [3.05, 3.63) is 52.0 Å². The van der Waals surface area contributed by atoms with Crippen LogP contribution in [0.25, 0.3) is 11.0 Å². The molecule has 2 amide bonds. The van der Waals surface area contributed by atoms with E-state index >= 15 is 0 Å². The molecule has 0 saturated heterocycles. The number of carbonyl (C=O) groups excluding carboxylic acids is 2. The zero-order valence-corrected chi connectivity index (χ0v) is 21.5. The standard InChI is InChI=1S/C26H37N5O2S/c1-5-19(6-2)31-23-10-9-18(15-21(23)29-24(31)16-20-8-7-13-34-20)25(32)30-22(14-17(3)4)26(33)28-12-11-27/h7-10,13,15,17,19,22H,5-6,11-12,14,16,27H2,1-4H3,(H,28,33)(H,30,32)/t22-/m0/s1. The van der Waals surface area contributed by atoms with Crippen LogP contribution in [0, 0.1) is 5.92 Å². The van der Waals surface area contributed by atoms with Crippen LogP contribution in [0.3, 0.4) is 0 Å². The fourth-order valence-corrected chi connectivity index (χ4v) is 5.01. The van der Waals surface area contributed by atoms with E-state index in [2.05, 4.69) is 46.6 Å². The molecule has 2 heterocycles. The molecule has 184 valence electrons. The average molecular weight is 484 g/mol. The van der Waals surface area contributed by atoms with Crippen LogP contribution in [0.15, 0.2) is 35.7 Å². The van der Waals surface area contributed by atoms with E-state index in [0.717, 1.165) is 36.1 Å². The van der Waals surface area contributed by atoms with Gasteiger partial charge in [0.25, 0.3) is 5.91 Å². The highest BCUT2D eigenvalue weighted by Gasteiger charge is 2.23. The van der Waals surface area contributed by atoms with Crippen molar-refractivity contribution in [2.24, 2.45) is 11.7 Å². The van der Waals surface area contributed by atoms with Crippen LogP contribution >= 0.6 is 11.3 Å². The lowest BCUT2D eigenvalue weighted by Gasteiger charge is -2.20. The van der Waals surface area contributed by atoms with E-state index in [0.29, 0.717) is 31.1 Å². The zero-order valence-electron chi connectivity index (χ0n) is 20.6. The van der Waals surface area contributed by atoms with Gasteiger partial charge in [-0.15, -0.1) is 11.3 Å². The van der Waals surface area contributed by atoms with Crippen molar-refractivity contribution >= 4 is 34.2 Å². The Balaban J connectivity index is 1.91. The summed E-state index contributed by atoms with van der Waals surface area (Å²) >= 11 is 1.73. The van der Waals surface area contributed by atoms with Crippen LogP contribution in [0.4, 0.5) is 0 Å². The molecule has 1 atom stereocenters. The Hall–Kier alpha value is -2.71. The Labute approximate surface area is 206 Å². The van der Waals surface area contributed by atoms with Crippen LogP contribution in [0.2, 0.25) is 0 Å². The number of imidazole rings is 1. The number of thiophene rings is 1. The molecule has 0 unspecified atom stereocenters. The van der Waals surface area contributed by atoms with Crippen molar-refractivity contribution in [2.45, 2.75) is 65.5 Å². The summed E-state index contributed by atoms with van der Waals surface area (Å²) in [5.41, 5.74) is 7.86. The molecule has 0 aliphatic carbocycles. The number of benzene rings is 1. The summed E-state index contributed by atoms with van der Waals surface area (Å²) in [6.45, 7) is 9.19. The normalized spacial score (nSPS) is 12.4. The molecule has 0 aliphatic heterocycles. The molecule has 3 aromatic rings. The molecule has 3 rings (SSSR count). The van der Waals surface area contributed by atoms with Crippen molar-refractivity contribution in [2.75, 3.05) is 13.1 Å². The summed E-state index contributed by atoms with van der Waals surface area (Å²) in [6, 6.07) is 9.59. The van der Waals surface area contributed by atoms with Crippen LogP contribution < -0.4 is 16.4 Å². The molecule has 0 fully saturated rings. The largest absolute Gasteiger partial charge is 0.353 e. The summed E-state index contributed by atoms with van der Waals surface area (Å²) in [5, 5.41) is 7.79. The minimum Gasteiger partial charge on any atom is -0.353 e. The maximum absolute atomic E-state index is 13.1. The molecule has 7 nitrogen and oxygen atoms in total. The molecular formula is C26H37N5O2S. The van der Waals surface area contributed by atoms with E-state index in [4.69, 9.17) is 10.7 Å². The number of amides is 2. The molecule has 4 N–H and O–H groups in total. The molecule has 0 spiro atoms. The molecule has 34 heavy (non-hydrogen) atoms. The van der Waals surface area contributed by atoms with Gasteiger partial charge in [-0.25, -0.2) is 4.98 Å². The molecule has 0 aliphatic rings. The second-order valence-corrected chi connectivity index (χ2v) is 10.1. The average Bonchev–Trinajstić information content (AvgIpc) is 3.45. The highest BCUT2D eigenvalue weighted by atomic mass is 32.1. The fraction of sp³-hybridized carbons (Fsp3) is 0.500. The van der Waals surface area contributed by atoms with E-state index < -0.39 is 6.04 Å². The number of carbonyl (C=O) groups is 2. The quantitative estimate of drug-likeness (QED) is 0.358. The van der Waals surface area contributed by atoms with Gasteiger partial charge in [0.1, 0.15) is 11.9 Å². The molecule has 0 bridgehead atoms. The minimum atomic E-state index is -0.605. The van der Waals surface area contributed by atoms with E-state index in [-0.39, 0.29) is 17.7 Å². The number of nitrogens with one attached hydrogen (secondary N) is 2. The number of rotatable bonds is 12. The first-order chi connectivity index (χ1) is 16.4. The van der Waals surface area contributed by atoms with Crippen molar-refractivity contribution in [3.8, 4) is 0 Å². The zero-order chi connectivity index (χ0) is 24.7. The summed E-state index contributed by atoms with van der Waals surface area (Å²) in [5.74, 6) is 0.798. The highest BCUT2D eigenvalue weighted by Crippen LogP contribution is 2.28. The summed E-state index contributed by atoms with van der Waals surface area (Å²) in [4.78, 5) is 31.9. The third-order valence-electron chi connectivity index (χ3n) is 6.02. The third kappa shape index (κ3) is 6.24. The molecule has 0 saturated carbocycles. The first-order valence-electron chi connectivity index (χ1n) is 12.2. The first-order valence-corrected chi connectivity index (χ1v) is 13.1. The molecular weight excluding hydrogens is 446 g/mol. The summed E-state index contributed by atoms with van der Waals surface area (Å²) in [7, 11) is 0. The Morgan fingerprint density at radius 1 is 1.18 bits per heavy atom. The lowest BCUT2D eigenvalue weighted by molar-refractivity contribution is -0.123. The van der Waals surface area contributed by atoms with E-state index in [1.54, 1.807) is 11.3 Å². The van der Waals surface area contributed by atoms with E-state index in [1.165, 1.54) is 4.88 Å². The second-order valence-electron chi connectivity index (χ2n) is 9.06. The monoisotopic (exact) mass is 483 g/mol. The number of hydrogen-bond acceptors (Lipinski definition) is 5. The maximum Gasteiger partial charge on any atom is 0.252 e. The molecule has 0 radical (unpaired) electrons. The third-order valence-corrected chi connectivity index (χ3v) is 6.89.